The van der Waals surface area contributed by atoms with Gasteiger partial charge in [-0.2, -0.15) is 0 Å². The van der Waals surface area contributed by atoms with Gasteiger partial charge in [0.05, 0.1) is 0 Å². The van der Waals surface area contributed by atoms with Crippen molar-refractivity contribution in [2.24, 2.45) is 9.57 Å². The Labute approximate surface area is 95.7 Å². The van der Waals surface area contributed by atoms with Gasteiger partial charge in [-0.15, -0.1) is 9.30 Å². The first-order valence-corrected chi connectivity index (χ1v) is 6.76. The number of hydrogen-bond acceptors (Lipinski definition) is 6. The van der Waals surface area contributed by atoms with Gasteiger partial charge in [-0.3, -0.25) is 0 Å². The first-order valence-electron chi connectivity index (χ1n) is 4.16. The molecule has 6 nitrogen and oxygen atoms in total. The summed E-state index contributed by atoms with van der Waals surface area (Å²) in [5.74, 6) is 0.195. The SMILES string of the molecule is O=Nc1ccccc1OC1=NS(=O)(=O)CS1. The molecule has 1 aliphatic heterocycles. The van der Waals surface area contributed by atoms with Crippen LogP contribution in [0.1, 0.15) is 0 Å². The summed E-state index contributed by atoms with van der Waals surface area (Å²) in [4.78, 5) is 10.4. The van der Waals surface area contributed by atoms with Crippen LogP contribution in [-0.4, -0.2) is 18.7 Å². The lowest BCUT2D eigenvalue weighted by Crippen LogP contribution is -2.00. The smallest absolute Gasteiger partial charge is 0.268 e. The molecular formula is C8H6N2O4S2. The van der Waals surface area contributed by atoms with Crippen molar-refractivity contribution in [2.45, 2.75) is 0 Å². The molecule has 0 atom stereocenters. The van der Waals surface area contributed by atoms with Gasteiger partial charge in [0.1, 0.15) is 5.08 Å². The van der Waals surface area contributed by atoms with E-state index in [1.807, 2.05) is 0 Å². The Balaban J connectivity index is 2.25. The fraction of sp³-hybridized carbons (Fsp3) is 0.125. The second kappa shape index (κ2) is 4.22. The van der Waals surface area contributed by atoms with E-state index in [-0.39, 0.29) is 21.8 Å². The molecule has 16 heavy (non-hydrogen) atoms. The van der Waals surface area contributed by atoms with Gasteiger partial charge >= 0.3 is 0 Å². The van der Waals surface area contributed by atoms with Gasteiger partial charge in [-0.25, -0.2) is 8.42 Å². The molecule has 84 valence electrons. The molecule has 0 aromatic heterocycles. The van der Waals surface area contributed by atoms with E-state index in [9.17, 15) is 13.3 Å². The minimum atomic E-state index is -3.42. The van der Waals surface area contributed by atoms with E-state index >= 15 is 0 Å². The molecule has 8 heteroatoms. The lowest BCUT2D eigenvalue weighted by molar-refractivity contribution is 0.567. The van der Waals surface area contributed by atoms with Crippen LogP contribution in [0.15, 0.2) is 33.8 Å². The van der Waals surface area contributed by atoms with Gasteiger partial charge in [0, 0.05) is 0 Å². The van der Waals surface area contributed by atoms with Crippen LogP contribution >= 0.6 is 11.8 Å². The number of ether oxygens (including phenoxy) is 1. The Kier molecular flexibility index (Phi) is 2.92. The molecule has 2 rings (SSSR count). The summed E-state index contributed by atoms with van der Waals surface area (Å²) in [6, 6.07) is 6.27. The van der Waals surface area contributed by atoms with E-state index in [0.29, 0.717) is 0 Å². The molecule has 0 aliphatic carbocycles. The fourth-order valence-electron chi connectivity index (χ4n) is 1.05. The normalized spacial score (nSPS) is 17.9. The molecule has 1 heterocycles. The van der Waals surface area contributed by atoms with Crippen molar-refractivity contribution >= 4 is 32.7 Å². The Hall–Kier alpha value is -1.41. The molecule has 0 saturated heterocycles. The largest absolute Gasteiger partial charge is 0.431 e. The molecule has 0 amide bonds. The van der Waals surface area contributed by atoms with Gasteiger partial charge in [-0.05, 0) is 29.1 Å². The number of hydrogen-bond donors (Lipinski definition) is 0. The van der Waals surface area contributed by atoms with E-state index in [4.69, 9.17) is 4.74 Å². The molecule has 0 spiro atoms. The summed E-state index contributed by atoms with van der Waals surface area (Å²) in [5.41, 5.74) is 0.107. The van der Waals surface area contributed by atoms with Crippen molar-refractivity contribution in [2.75, 3.05) is 5.08 Å². The van der Waals surface area contributed by atoms with Crippen LogP contribution in [-0.2, 0) is 10.0 Å². The van der Waals surface area contributed by atoms with Crippen molar-refractivity contribution in [1.29, 1.82) is 0 Å². The molecule has 1 aromatic carbocycles. The molecule has 0 unspecified atom stereocenters. The summed E-state index contributed by atoms with van der Waals surface area (Å²) in [5, 5.41) is 2.63. The van der Waals surface area contributed by atoms with Gasteiger partial charge < -0.3 is 4.74 Å². The Morgan fingerprint density at radius 2 is 2.12 bits per heavy atom. The lowest BCUT2D eigenvalue weighted by atomic mass is 10.3. The summed E-state index contributed by atoms with van der Waals surface area (Å²) >= 11 is 0.959. The van der Waals surface area contributed by atoms with Crippen molar-refractivity contribution in [1.82, 2.24) is 0 Å². The molecular weight excluding hydrogens is 252 g/mol. The maximum Gasteiger partial charge on any atom is 0.268 e. The van der Waals surface area contributed by atoms with E-state index in [2.05, 4.69) is 9.57 Å². The third-order valence-electron chi connectivity index (χ3n) is 1.71. The number of para-hydroxylation sites is 1. The topological polar surface area (TPSA) is 85.2 Å². The molecule has 1 aromatic rings. The standard InChI is InChI=1S/C8H6N2O4S2/c11-9-6-3-1-2-4-7(6)14-8-10-16(12,13)5-15-8/h1-4H,5H2. The lowest BCUT2D eigenvalue weighted by Gasteiger charge is -2.03. The van der Waals surface area contributed by atoms with Crippen LogP contribution in [0.4, 0.5) is 5.69 Å². The maximum atomic E-state index is 11.0. The van der Waals surface area contributed by atoms with Crippen LogP contribution in [0.5, 0.6) is 5.75 Å². The van der Waals surface area contributed by atoms with E-state index in [0.717, 1.165) is 11.8 Å². The van der Waals surface area contributed by atoms with E-state index < -0.39 is 10.0 Å². The molecule has 0 radical (unpaired) electrons. The van der Waals surface area contributed by atoms with E-state index in [1.165, 1.54) is 12.1 Å². The molecule has 0 bridgehead atoms. The third kappa shape index (κ3) is 2.39. The molecule has 0 fully saturated rings. The highest BCUT2D eigenvalue weighted by atomic mass is 32.3. The van der Waals surface area contributed by atoms with Crippen LogP contribution < -0.4 is 4.74 Å². The zero-order valence-corrected chi connectivity index (χ0v) is 9.49. The van der Waals surface area contributed by atoms with Crippen LogP contribution in [0, 0.1) is 4.91 Å². The Morgan fingerprint density at radius 3 is 2.75 bits per heavy atom. The summed E-state index contributed by atoms with van der Waals surface area (Å²) in [6.07, 6.45) is 0. The minimum absolute atomic E-state index is 0.0103. The number of rotatable bonds is 2. The number of thioether (sulfide) groups is 1. The van der Waals surface area contributed by atoms with Gasteiger partial charge in [0.25, 0.3) is 15.3 Å². The minimum Gasteiger partial charge on any atom is -0.431 e. The second-order valence-electron chi connectivity index (χ2n) is 2.86. The number of nitroso groups, excluding NO2 is 1. The summed E-state index contributed by atoms with van der Waals surface area (Å²) in [7, 11) is -3.42. The van der Waals surface area contributed by atoms with E-state index in [1.54, 1.807) is 12.1 Å². The monoisotopic (exact) mass is 258 g/mol. The zero-order valence-electron chi connectivity index (χ0n) is 7.86. The zero-order chi connectivity index (χ0) is 11.6. The highest BCUT2D eigenvalue weighted by Crippen LogP contribution is 2.30. The van der Waals surface area contributed by atoms with Crippen molar-refractivity contribution < 1.29 is 13.2 Å². The second-order valence-corrected chi connectivity index (χ2v) is 5.79. The quantitative estimate of drug-likeness (QED) is 0.756. The van der Waals surface area contributed by atoms with Crippen LogP contribution in [0.2, 0.25) is 0 Å². The molecule has 0 saturated carbocycles. The van der Waals surface area contributed by atoms with Crippen LogP contribution in [0.3, 0.4) is 0 Å². The predicted molar refractivity (Wildman–Crippen MR) is 61.3 cm³/mol. The predicted octanol–water partition coefficient (Wildman–Crippen LogP) is 1.85. The van der Waals surface area contributed by atoms with Crippen molar-refractivity contribution in [3.05, 3.63) is 29.2 Å². The average Bonchev–Trinajstić information content (AvgIpc) is 2.59. The average molecular weight is 258 g/mol. The van der Waals surface area contributed by atoms with Crippen molar-refractivity contribution in [3.63, 3.8) is 0 Å². The third-order valence-corrected chi connectivity index (χ3v) is 4.35. The fourth-order valence-corrected chi connectivity index (χ4v) is 3.23. The number of nitrogens with zero attached hydrogens (tertiary/aromatic N) is 2. The maximum absolute atomic E-state index is 11.0. The van der Waals surface area contributed by atoms with Crippen LogP contribution in [0.25, 0.3) is 0 Å². The Bertz CT molecular complexity index is 553. The summed E-state index contributed by atoms with van der Waals surface area (Å²) in [6.45, 7) is 0. The van der Waals surface area contributed by atoms with Crippen molar-refractivity contribution in [3.8, 4) is 5.75 Å². The van der Waals surface area contributed by atoms with Gasteiger partial charge in [-0.1, -0.05) is 12.1 Å². The van der Waals surface area contributed by atoms with Gasteiger partial charge in [0.15, 0.2) is 11.4 Å². The Morgan fingerprint density at radius 1 is 1.38 bits per heavy atom. The number of sulfonamides is 1. The summed E-state index contributed by atoms with van der Waals surface area (Å²) < 4.78 is 30.6. The van der Waals surface area contributed by atoms with Gasteiger partial charge in [0.2, 0.25) is 0 Å². The number of benzene rings is 1. The first kappa shape index (κ1) is 11.1. The first-order chi connectivity index (χ1) is 7.61. The molecule has 1 aliphatic rings. The molecule has 0 N–H and O–H groups in total. The highest BCUT2D eigenvalue weighted by Gasteiger charge is 2.23. The highest BCUT2D eigenvalue weighted by molar-refractivity contribution is 8.24.